The van der Waals surface area contributed by atoms with Gasteiger partial charge < -0.3 is 15.2 Å². The summed E-state index contributed by atoms with van der Waals surface area (Å²) in [6, 6.07) is 9.48. The van der Waals surface area contributed by atoms with E-state index >= 15 is 0 Å². The Labute approximate surface area is 127 Å². The van der Waals surface area contributed by atoms with Crippen LogP contribution in [0.4, 0.5) is 5.69 Å². The van der Waals surface area contributed by atoms with Crippen LogP contribution in [-0.2, 0) is 6.54 Å². The lowest BCUT2D eigenvalue weighted by atomic mass is 10.1. The smallest absolute Gasteiger partial charge is 0.124 e. The molecule has 0 radical (unpaired) electrons. The number of aromatic hydroxyl groups is 1. The van der Waals surface area contributed by atoms with Gasteiger partial charge in [0.05, 0.1) is 7.11 Å². The van der Waals surface area contributed by atoms with Crippen LogP contribution in [0.3, 0.4) is 0 Å². The van der Waals surface area contributed by atoms with Gasteiger partial charge in [0.25, 0.3) is 0 Å². The molecule has 0 unspecified atom stereocenters. The molecule has 2 rings (SSSR count). The number of halogens is 1. The van der Waals surface area contributed by atoms with Crippen molar-refractivity contribution in [3.05, 3.63) is 51.5 Å². The van der Waals surface area contributed by atoms with Crippen LogP contribution in [0.15, 0.2) is 34.8 Å². The number of methoxy groups -OCH3 is 1. The van der Waals surface area contributed by atoms with Crippen molar-refractivity contribution in [3.8, 4) is 11.5 Å². The normalized spacial score (nSPS) is 10.4. The van der Waals surface area contributed by atoms with Gasteiger partial charge in [0.2, 0.25) is 0 Å². The van der Waals surface area contributed by atoms with E-state index in [0.717, 1.165) is 15.7 Å². The summed E-state index contributed by atoms with van der Waals surface area (Å²) in [7, 11) is 1.58. The first-order valence-electron chi connectivity index (χ1n) is 6.37. The van der Waals surface area contributed by atoms with Gasteiger partial charge in [0.15, 0.2) is 0 Å². The number of nitrogens with one attached hydrogen (secondary N) is 1. The summed E-state index contributed by atoms with van der Waals surface area (Å²) in [6.45, 7) is 4.70. The molecular weight excluding hydrogens is 318 g/mol. The summed E-state index contributed by atoms with van der Waals surface area (Å²) >= 11 is 3.49. The molecule has 0 heterocycles. The van der Waals surface area contributed by atoms with E-state index in [1.165, 1.54) is 11.1 Å². The van der Waals surface area contributed by atoms with E-state index in [0.29, 0.717) is 12.3 Å². The first kappa shape index (κ1) is 14.7. The molecule has 0 aliphatic rings. The predicted octanol–water partition coefficient (Wildman–Crippen LogP) is 4.39. The minimum absolute atomic E-state index is 0.240. The van der Waals surface area contributed by atoms with Crippen molar-refractivity contribution < 1.29 is 9.84 Å². The van der Waals surface area contributed by atoms with Gasteiger partial charge in [0, 0.05) is 28.3 Å². The number of aryl methyl sites for hydroxylation is 2. The number of rotatable bonds is 4. The molecule has 0 aliphatic carbocycles. The summed E-state index contributed by atoms with van der Waals surface area (Å²) in [4.78, 5) is 0. The third-order valence-corrected chi connectivity index (χ3v) is 3.70. The monoisotopic (exact) mass is 335 g/mol. The van der Waals surface area contributed by atoms with Gasteiger partial charge in [-0.1, -0.05) is 15.9 Å². The van der Waals surface area contributed by atoms with Crippen LogP contribution in [0, 0.1) is 13.8 Å². The van der Waals surface area contributed by atoms with Gasteiger partial charge in [-0.05, 0) is 49.2 Å². The molecule has 3 nitrogen and oxygen atoms in total. The minimum atomic E-state index is 0.240. The van der Waals surface area contributed by atoms with E-state index in [4.69, 9.17) is 4.74 Å². The van der Waals surface area contributed by atoms with Crippen LogP contribution < -0.4 is 10.1 Å². The fourth-order valence-electron chi connectivity index (χ4n) is 2.19. The number of phenols is 1. The molecule has 0 aliphatic heterocycles. The largest absolute Gasteiger partial charge is 0.507 e. The molecule has 4 heteroatoms. The zero-order chi connectivity index (χ0) is 14.7. The van der Waals surface area contributed by atoms with Crippen molar-refractivity contribution in [2.24, 2.45) is 0 Å². The molecule has 0 fully saturated rings. The van der Waals surface area contributed by atoms with E-state index < -0.39 is 0 Å². The zero-order valence-corrected chi connectivity index (χ0v) is 13.4. The van der Waals surface area contributed by atoms with Crippen molar-refractivity contribution in [2.45, 2.75) is 20.4 Å². The quantitative estimate of drug-likeness (QED) is 0.870. The molecule has 0 atom stereocenters. The summed E-state index contributed by atoms with van der Waals surface area (Å²) < 4.78 is 6.15. The number of phenolic OH excluding ortho intramolecular Hbond substituents is 1. The fourth-order valence-corrected chi connectivity index (χ4v) is 2.88. The third-order valence-electron chi connectivity index (χ3n) is 3.25. The molecular formula is C16H18BrNO2. The maximum atomic E-state index is 9.96. The number of benzene rings is 2. The second kappa shape index (κ2) is 6.18. The SMILES string of the molecule is COc1ccc(CNc2c(C)cc(Br)cc2C)c(O)c1. The molecule has 106 valence electrons. The lowest BCUT2D eigenvalue weighted by Crippen LogP contribution is -2.03. The Balaban J connectivity index is 2.17. The Morgan fingerprint density at radius 3 is 2.35 bits per heavy atom. The molecule has 20 heavy (non-hydrogen) atoms. The van der Waals surface area contributed by atoms with Crippen molar-refractivity contribution in [1.82, 2.24) is 0 Å². The topological polar surface area (TPSA) is 41.5 Å². The lowest BCUT2D eigenvalue weighted by molar-refractivity contribution is 0.406. The Bertz CT molecular complexity index is 603. The first-order chi connectivity index (χ1) is 9.51. The molecule has 0 saturated heterocycles. The molecule has 2 N–H and O–H groups in total. The highest BCUT2D eigenvalue weighted by Gasteiger charge is 2.07. The standard InChI is InChI=1S/C16H18BrNO2/c1-10-6-13(17)7-11(2)16(10)18-9-12-4-5-14(20-3)8-15(12)19/h4-8,18-19H,9H2,1-3H3. The lowest BCUT2D eigenvalue weighted by Gasteiger charge is -2.14. The molecule has 0 amide bonds. The summed E-state index contributed by atoms with van der Waals surface area (Å²) in [5.74, 6) is 0.895. The average Bonchev–Trinajstić information content (AvgIpc) is 2.39. The van der Waals surface area contributed by atoms with Gasteiger partial charge in [-0.3, -0.25) is 0 Å². The third kappa shape index (κ3) is 3.25. The van der Waals surface area contributed by atoms with Crippen LogP contribution in [0.25, 0.3) is 0 Å². The summed E-state index contributed by atoms with van der Waals surface area (Å²) in [5, 5.41) is 13.3. The van der Waals surface area contributed by atoms with Gasteiger partial charge in [0.1, 0.15) is 11.5 Å². The Morgan fingerprint density at radius 2 is 1.80 bits per heavy atom. The van der Waals surface area contributed by atoms with Crippen molar-refractivity contribution >= 4 is 21.6 Å². The van der Waals surface area contributed by atoms with Crippen LogP contribution in [0.5, 0.6) is 11.5 Å². The van der Waals surface area contributed by atoms with E-state index in [2.05, 4.69) is 47.2 Å². The number of hydrogen-bond donors (Lipinski definition) is 2. The Morgan fingerprint density at radius 1 is 1.15 bits per heavy atom. The first-order valence-corrected chi connectivity index (χ1v) is 7.17. The average molecular weight is 336 g/mol. The minimum Gasteiger partial charge on any atom is -0.507 e. The fraction of sp³-hybridized carbons (Fsp3) is 0.250. The highest BCUT2D eigenvalue weighted by atomic mass is 79.9. The highest BCUT2D eigenvalue weighted by Crippen LogP contribution is 2.28. The van der Waals surface area contributed by atoms with Crippen molar-refractivity contribution in [1.29, 1.82) is 0 Å². The number of anilines is 1. The Hall–Kier alpha value is -1.68. The molecule has 2 aromatic carbocycles. The van der Waals surface area contributed by atoms with Gasteiger partial charge in [-0.15, -0.1) is 0 Å². The predicted molar refractivity (Wildman–Crippen MR) is 85.6 cm³/mol. The maximum absolute atomic E-state index is 9.96. The van der Waals surface area contributed by atoms with Gasteiger partial charge in [-0.25, -0.2) is 0 Å². The van der Waals surface area contributed by atoms with Crippen molar-refractivity contribution in [3.63, 3.8) is 0 Å². The van der Waals surface area contributed by atoms with Gasteiger partial charge >= 0.3 is 0 Å². The molecule has 0 spiro atoms. The van der Waals surface area contributed by atoms with E-state index in [1.807, 2.05) is 12.1 Å². The highest BCUT2D eigenvalue weighted by molar-refractivity contribution is 9.10. The van der Waals surface area contributed by atoms with Crippen LogP contribution in [0.2, 0.25) is 0 Å². The zero-order valence-electron chi connectivity index (χ0n) is 11.8. The second-order valence-corrected chi connectivity index (χ2v) is 5.68. The molecule has 2 aromatic rings. The van der Waals surface area contributed by atoms with Crippen LogP contribution >= 0.6 is 15.9 Å². The van der Waals surface area contributed by atoms with E-state index in [9.17, 15) is 5.11 Å². The Kier molecular flexibility index (Phi) is 4.55. The maximum Gasteiger partial charge on any atom is 0.124 e. The van der Waals surface area contributed by atoms with Crippen LogP contribution in [0.1, 0.15) is 16.7 Å². The summed E-state index contributed by atoms with van der Waals surface area (Å²) in [6.07, 6.45) is 0. The molecule has 0 bridgehead atoms. The number of ether oxygens (including phenoxy) is 1. The van der Waals surface area contributed by atoms with Crippen molar-refractivity contribution in [2.75, 3.05) is 12.4 Å². The molecule has 0 aromatic heterocycles. The summed E-state index contributed by atoms with van der Waals surface area (Å²) in [5.41, 5.74) is 4.28. The second-order valence-electron chi connectivity index (χ2n) is 4.76. The van der Waals surface area contributed by atoms with Gasteiger partial charge in [-0.2, -0.15) is 0 Å². The number of hydrogen-bond acceptors (Lipinski definition) is 3. The van der Waals surface area contributed by atoms with E-state index in [1.54, 1.807) is 13.2 Å². The van der Waals surface area contributed by atoms with E-state index in [-0.39, 0.29) is 5.75 Å². The molecule has 0 saturated carbocycles. The van der Waals surface area contributed by atoms with Crippen LogP contribution in [-0.4, -0.2) is 12.2 Å².